The molecule has 1 saturated carbocycles. The zero-order valence-corrected chi connectivity index (χ0v) is 13.2. The molecule has 4 nitrogen and oxygen atoms in total. The van der Waals surface area contributed by atoms with E-state index in [1.54, 1.807) is 7.11 Å². The summed E-state index contributed by atoms with van der Waals surface area (Å²) in [5.74, 6) is 0.746. The van der Waals surface area contributed by atoms with Crippen LogP contribution in [0.2, 0.25) is 0 Å². The lowest BCUT2D eigenvalue weighted by Crippen LogP contribution is -2.36. The van der Waals surface area contributed by atoms with E-state index < -0.39 is 11.4 Å². The van der Waals surface area contributed by atoms with E-state index in [9.17, 15) is 9.90 Å². The number of aliphatic carboxylic acids is 1. The highest BCUT2D eigenvalue weighted by molar-refractivity contribution is 5.74. The van der Waals surface area contributed by atoms with Gasteiger partial charge in [0, 0.05) is 13.7 Å². The Kier molecular flexibility index (Phi) is 7.52. The maximum absolute atomic E-state index is 11.7. The summed E-state index contributed by atoms with van der Waals surface area (Å²) in [5.41, 5.74) is -0.504. The highest BCUT2D eigenvalue weighted by Gasteiger charge is 2.41. The maximum Gasteiger partial charge on any atom is 0.309 e. The lowest BCUT2D eigenvalue weighted by atomic mass is 9.66. The van der Waals surface area contributed by atoms with E-state index in [1.807, 2.05) is 0 Å². The Morgan fingerprint density at radius 1 is 1.25 bits per heavy atom. The van der Waals surface area contributed by atoms with Gasteiger partial charge in [-0.05, 0) is 50.4 Å². The van der Waals surface area contributed by atoms with Gasteiger partial charge in [-0.2, -0.15) is 0 Å². The second-order valence-corrected chi connectivity index (χ2v) is 6.38. The number of carboxylic acids is 1. The quantitative estimate of drug-likeness (QED) is 0.660. The third kappa shape index (κ3) is 5.06. The average molecular weight is 286 g/mol. The standard InChI is InChI=1S/C16H30O4/c1-13(2)14-5-8-16(9-6-14,15(17)18)7-4-10-20-12-11-19-3/h13-14H,4-12H2,1-3H3,(H,17,18). The van der Waals surface area contributed by atoms with Crippen molar-refractivity contribution in [1.82, 2.24) is 0 Å². The van der Waals surface area contributed by atoms with Crippen LogP contribution in [0, 0.1) is 17.3 Å². The molecule has 0 amide bonds. The van der Waals surface area contributed by atoms with Gasteiger partial charge in [-0.15, -0.1) is 0 Å². The number of rotatable bonds is 9. The van der Waals surface area contributed by atoms with Gasteiger partial charge in [-0.1, -0.05) is 13.8 Å². The smallest absolute Gasteiger partial charge is 0.309 e. The molecule has 0 atom stereocenters. The van der Waals surface area contributed by atoms with E-state index in [1.165, 1.54) is 0 Å². The van der Waals surface area contributed by atoms with Crippen LogP contribution in [0.5, 0.6) is 0 Å². The van der Waals surface area contributed by atoms with Gasteiger partial charge >= 0.3 is 5.97 Å². The fraction of sp³-hybridized carbons (Fsp3) is 0.938. The summed E-state index contributed by atoms with van der Waals surface area (Å²) in [7, 11) is 1.65. The van der Waals surface area contributed by atoms with Crippen LogP contribution in [0.1, 0.15) is 52.4 Å². The summed E-state index contributed by atoms with van der Waals surface area (Å²) in [5, 5.41) is 9.59. The number of carbonyl (C=O) groups is 1. The Morgan fingerprint density at radius 3 is 2.40 bits per heavy atom. The fourth-order valence-corrected chi connectivity index (χ4v) is 3.19. The largest absolute Gasteiger partial charge is 0.481 e. The molecule has 0 spiro atoms. The molecular weight excluding hydrogens is 256 g/mol. The normalized spacial score (nSPS) is 26.9. The minimum absolute atomic E-state index is 0.504. The third-order valence-electron chi connectivity index (χ3n) is 4.76. The molecule has 0 aromatic carbocycles. The minimum atomic E-state index is -0.614. The van der Waals surface area contributed by atoms with E-state index in [2.05, 4.69) is 13.8 Å². The van der Waals surface area contributed by atoms with Crippen LogP contribution in [0.3, 0.4) is 0 Å². The lowest BCUT2D eigenvalue weighted by Gasteiger charge is -2.38. The Labute approximate surface area is 122 Å². The number of methoxy groups -OCH3 is 1. The first-order chi connectivity index (χ1) is 9.52. The van der Waals surface area contributed by atoms with Crippen molar-refractivity contribution in [2.75, 3.05) is 26.9 Å². The summed E-state index contributed by atoms with van der Waals surface area (Å²) < 4.78 is 10.3. The second kappa shape index (κ2) is 8.63. The molecule has 0 aliphatic heterocycles. The molecule has 0 bridgehead atoms. The van der Waals surface area contributed by atoms with Gasteiger partial charge in [0.05, 0.1) is 18.6 Å². The van der Waals surface area contributed by atoms with Gasteiger partial charge in [0.25, 0.3) is 0 Å². The molecule has 1 N–H and O–H groups in total. The van der Waals surface area contributed by atoms with Crippen LogP contribution in [0.25, 0.3) is 0 Å². The molecule has 0 heterocycles. The molecule has 20 heavy (non-hydrogen) atoms. The van der Waals surface area contributed by atoms with Crippen molar-refractivity contribution in [1.29, 1.82) is 0 Å². The monoisotopic (exact) mass is 286 g/mol. The number of carboxylic acid groups (broad SMARTS) is 1. The molecule has 4 heteroatoms. The first kappa shape index (κ1) is 17.4. The predicted octanol–water partition coefficient (Wildman–Crippen LogP) is 3.35. The fourth-order valence-electron chi connectivity index (χ4n) is 3.19. The second-order valence-electron chi connectivity index (χ2n) is 6.38. The minimum Gasteiger partial charge on any atom is -0.481 e. The van der Waals surface area contributed by atoms with Gasteiger partial charge in [0.2, 0.25) is 0 Å². The van der Waals surface area contributed by atoms with Crippen LogP contribution >= 0.6 is 0 Å². The zero-order chi connectivity index (χ0) is 15.0. The molecule has 1 fully saturated rings. The summed E-state index contributed by atoms with van der Waals surface area (Å²) in [6.07, 6.45) is 5.30. The van der Waals surface area contributed by atoms with E-state index in [-0.39, 0.29) is 0 Å². The summed E-state index contributed by atoms with van der Waals surface area (Å²) in [6, 6.07) is 0. The van der Waals surface area contributed by atoms with Crippen molar-refractivity contribution >= 4 is 5.97 Å². The van der Waals surface area contributed by atoms with E-state index >= 15 is 0 Å². The SMILES string of the molecule is COCCOCCCC1(C(=O)O)CCC(C(C)C)CC1. The number of hydrogen-bond acceptors (Lipinski definition) is 3. The first-order valence-corrected chi connectivity index (χ1v) is 7.82. The Morgan fingerprint density at radius 2 is 1.90 bits per heavy atom. The van der Waals surface area contributed by atoms with Crippen LogP contribution in [-0.2, 0) is 14.3 Å². The van der Waals surface area contributed by atoms with E-state index in [0.29, 0.717) is 31.7 Å². The van der Waals surface area contributed by atoms with Gasteiger partial charge < -0.3 is 14.6 Å². The maximum atomic E-state index is 11.7. The van der Waals surface area contributed by atoms with Gasteiger partial charge in [0.15, 0.2) is 0 Å². The van der Waals surface area contributed by atoms with Gasteiger partial charge in [-0.25, -0.2) is 0 Å². The Hall–Kier alpha value is -0.610. The average Bonchev–Trinajstić information content (AvgIpc) is 2.43. The molecule has 0 radical (unpaired) electrons. The molecule has 1 aliphatic carbocycles. The zero-order valence-electron chi connectivity index (χ0n) is 13.2. The van der Waals surface area contributed by atoms with Crippen LogP contribution < -0.4 is 0 Å². The van der Waals surface area contributed by atoms with Crippen molar-refractivity contribution in [3.63, 3.8) is 0 Å². The van der Waals surface area contributed by atoms with Crippen LogP contribution in [-0.4, -0.2) is 38.0 Å². The molecule has 1 aliphatic rings. The molecule has 118 valence electrons. The summed E-state index contributed by atoms with van der Waals surface area (Å²) in [4.78, 5) is 11.7. The lowest BCUT2D eigenvalue weighted by molar-refractivity contribution is -0.152. The number of hydrogen-bond donors (Lipinski definition) is 1. The molecule has 0 aromatic rings. The first-order valence-electron chi connectivity index (χ1n) is 7.82. The Balaban J connectivity index is 2.35. The van der Waals surface area contributed by atoms with E-state index in [0.717, 1.165) is 38.5 Å². The van der Waals surface area contributed by atoms with E-state index in [4.69, 9.17) is 9.47 Å². The summed E-state index contributed by atoms with van der Waals surface area (Å²) >= 11 is 0. The Bertz CT molecular complexity index is 280. The molecule has 0 saturated heterocycles. The molecule has 0 aromatic heterocycles. The van der Waals surface area contributed by atoms with Crippen LogP contribution in [0.15, 0.2) is 0 Å². The predicted molar refractivity (Wildman–Crippen MR) is 78.8 cm³/mol. The van der Waals surface area contributed by atoms with Crippen molar-refractivity contribution in [3.8, 4) is 0 Å². The van der Waals surface area contributed by atoms with Crippen molar-refractivity contribution in [2.24, 2.45) is 17.3 Å². The third-order valence-corrected chi connectivity index (χ3v) is 4.76. The highest BCUT2D eigenvalue weighted by Crippen LogP contribution is 2.44. The molecule has 0 unspecified atom stereocenters. The molecule has 1 rings (SSSR count). The summed E-state index contributed by atoms with van der Waals surface area (Å²) in [6.45, 7) is 6.29. The van der Waals surface area contributed by atoms with Crippen molar-refractivity contribution in [2.45, 2.75) is 52.4 Å². The van der Waals surface area contributed by atoms with Gasteiger partial charge in [0.1, 0.15) is 0 Å². The van der Waals surface area contributed by atoms with Crippen LogP contribution in [0.4, 0.5) is 0 Å². The highest BCUT2D eigenvalue weighted by atomic mass is 16.5. The molecular formula is C16H30O4. The number of ether oxygens (including phenoxy) is 2. The van der Waals surface area contributed by atoms with Crippen molar-refractivity contribution in [3.05, 3.63) is 0 Å². The topological polar surface area (TPSA) is 55.8 Å². The van der Waals surface area contributed by atoms with Gasteiger partial charge in [-0.3, -0.25) is 4.79 Å². The van der Waals surface area contributed by atoms with Crippen molar-refractivity contribution < 1.29 is 19.4 Å².